The molecule has 1 aliphatic heterocycles. The van der Waals surface area contributed by atoms with E-state index in [0.29, 0.717) is 16.6 Å². The lowest BCUT2D eigenvalue weighted by Crippen LogP contribution is -2.59. The molecular weight excluding hydrogens is 326 g/mol. The molecule has 2 aromatic rings. The molecule has 2 aromatic heterocycles. The fourth-order valence-corrected chi connectivity index (χ4v) is 3.34. The standard InChI is InChI=1S/C14H14ClN3O3S/c1-7-6-18(8(2)13(19)16-7)14(20)9-5-10(21-17-9)11-3-4-12(15)22-11/h3-5,7-8H,6H2,1-2H3,(H,16,19). The number of nitrogens with one attached hydrogen (secondary N) is 1. The number of nitrogens with zero attached hydrogens (tertiary/aromatic N) is 2. The van der Waals surface area contributed by atoms with Crippen LogP contribution in [0.5, 0.6) is 0 Å². The summed E-state index contributed by atoms with van der Waals surface area (Å²) in [6.45, 7) is 3.99. The molecule has 1 fully saturated rings. The SMILES string of the molecule is CC1CN(C(=O)c2cc(-c3ccc(Cl)s3)on2)C(C)C(=O)N1. The van der Waals surface area contributed by atoms with Gasteiger partial charge in [-0.05, 0) is 26.0 Å². The molecule has 6 nitrogen and oxygen atoms in total. The quantitative estimate of drug-likeness (QED) is 0.911. The highest BCUT2D eigenvalue weighted by atomic mass is 35.5. The number of rotatable bonds is 2. The van der Waals surface area contributed by atoms with Gasteiger partial charge in [0.05, 0.1) is 9.21 Å². The van der Waals surface area contributed by atoms with Gasteiger partial charge < -0.3 is 14.7 Å². The summed E-state index contributed by atoms with van der Waals surface area (Å²) in [6.07, 6.45) is 0. The predicted molar refractivity (Wildman–Crippen MR) is 82.9 cm³/mol. The van der Waals surface area contributed by atoms with Crippen LogP contribution >= 0.6 is 22.9 Å². The molecular formula is C14H14ClN3O3S. The molecule has 2 unspecified atom stereocenters. The topological polar surface area (TPSA) is 75.4 Å². The van der Waals surface area contributed by atoms with Crippen LogP contribution in [-0.2, 0) is 4.79 Å². The number of aromatic nitrogens is 1. The van der Waals surface area contributed by atoms with Gasteiger partial charge in [-0.25, -0.2) is 0 Å². The molecule has 1 saturated heterocycles. The summed E-state index contributed by atoms with van der Waals surface area (Å²) in [5.74, 6) is 0.00937. The van der Waals surface area contributed by atoms with Crippen LogP contribution in [0.1, 0.15) is 24.3 Å². The van der Waals surface area contributed by atoms with E-state index >= 15 is 0 Å². The van der Waals surface area contributed by atoms with Crippen LogP contribution in [0, 0.1) is 0 Å². The van der Waals surface area contributed by atoms with Gasteiger partial charge in [0.25, 0.3) is 5.91 Å². The van der Waals surface area contributed by atoms with Crippen LogP contribution in [0.15, 0.2) is 22.7 Å². The minimum atomic E-state index is -0.528. The van der Waals surface area contributed by atoms with Crippen molar-refractivity contribution in [2.24, 2.45) is 0 Å². The van der Waals surface area contributed by atoms with E-state index in [2.05, 4.69) is 10.5 Å². The van der Waals surface area contributed by atoms with Crippen LogP contribution in [0.25, 0.3) is 10.6 Å². The van der Waals surface area contributed by atoms with Crippen molar-refractivity contribution in [3.05, 3.63) is 28.2 Å². The molecule has 0 aliphatic carbocycles. The zero-order valence-electron chi connectivity index (χ0n) is 12.0. The molecule has 0 radical (unpaired) electrons. The smallest absolute Gasteiger partial charge is 0.276 e. The lowest BCUT2D eigenvalue weighted by Gasteiger charge is -2.35. The van der Waals surface area contributed by atoms with Gasteiger partial charge in [-0.1, -0.05) is 16.8 Å². The summed E-state index contributed by atoms with van der Waals surface area (Å²) in [6, 6.07) is 4.52. The largest absolute Gasteiger partial charge is 0.355 e. The highest BCUT2D eigenvalue weighted by Gasteiger charge is 2.34. The number of hydrogen-bond donors (Lipinski definition) is 1. The lowest BCUT2D eigenvalue weighted by molar-refractivity contribution is -0.128. The van der Waals surface area contributed by atoms with E-state index < -0.39 is 6.04 Å². The number of carbonyl (C=O) groups is 2. The molecule has 116 valence electrons. The van der Waals surface area contributed by atoms with E-state index in [-0.39, 0.29) is 23.6 Å². The fourth-order valence-electron chi connectivity index (χ4n) is 2.35. The van der Waals surface area contributed by atoms with E-state index in [1.807, 2.05) is 6.92 Å². The first kappa shape index (κ1) is 15.1. The maximum atomic E-state index is 12.6. The van der Waals surface area contributed by atoms with E-state index in [4.69, 9.17) is 16.1 Å². The van der Waals surface area contributed by atoms with Crippen molar-refractivity contribution in [3.8, 4) is 10.6 Å². The monoisotopic (exact) mass is 339 g/mol. The average molecular weight is 340 g/mol. The molecule has 22 heavy (non-hydrogen) atoms. The Hall–Kier alpha value is -1.86. The van der Waals surface area contributed by atoms with Gasteiger partial charge in [0.15, 0.2) is 11.5 Å². The summed E-state index contributed by atoms with van der Waals surface area (Å²) in [5.41, 5.74) is 0.188. The Morgan fingerprint density at radius 2 is 2.27 bits per heavy atom. The van der Waals surface area contributed by atoms with E-state index in [9.17, 15) is 9.59 Å². The maximum absolute atomic E-state index is 12.6. The Kier molecular flexibility index (Phi) is 3.92. The van der Waals surface area contributed by atoms with Crippen molar-refractivity contribution < 1.29 is 14.1 Å². The second kappa shape index (κ2) is 5.73. The minimum absolute atomic E-state index is 0.0878. The number of amides is 2. The summed E-state index contributed by atoms with van der Waals surface area (Å²) in [5, 5.41) is 6.64. The molecule has 0 bridgehead atoms. The zero-order valence-corrected chi connectivity index (χ0v) is 13.6. The van der Waals surface area contributed by atoms with Crippen molar-refractivity contribution in [3.63, 3.8) is 0 Å². The molecule has 8 heteroatoms. The summed E-state index contributed by atoms with van der Waals surface area (Å²) >= 11 is 7.23. The molecule has 3 rings (SSSR count). The van der Waals surface area contributed by atoms with Crippen molar-refractivity contribution in [1.29, 1.82) is 0 Å². The molecule has 2 amide bonds. The van der Waals surface area contributed by atoms with Gasteiger partial charge in [0.1, 0.15) is 6.04 Å². The van der Waals surface area contributed by atoms with Gasteiger partial charge in [-0.2, -0.15) is 0 Å². The minimum Gasteiger partial charge on any atom is -0.355 e. The second-order valence-corrected chi connectivity index (χ2v) is 6.94. The number of thiophene rings is 1. The third-order valence-corrected chi connectivity index (χ3v) is 4.76. The Bertz CT molecular complexity index is 726. The lowest BCUT2D eigenvalue weighted by atomic mass is 10.1. The summed E-state index contributed by atoms with van der Waals surface area (Å²) in [4.78, 5) is 26.7. The average Bonchev–Trinajstić information content (AvgIpc) is 3.10. The fraction of sp³-hybridized carbons (Fsp3) is 0.357. The first-order valence-corrected chi connectivity index (χ1v) is 7.99. The first-order chi connectivity index (χ1) is 10.5. The zero-order chi connectivity index (χ0) is 15.9. The Morgan fingerprint density at radius 1 is 1.50 bits per heavy atom. The third-order valence-electron chi connectivity index (χ3n) is 3.51. The van der Waals surface area contributed by atoms with Gasteiger partial charge in [0.2, 0.25) is 5.91 Å². The van der Waals surface area contributed by atoms with Crippen LogP contribution in [0.3, 0.4) is 0 Å². The van der Waals surface area contributed by atoms with Crippen molar-refractivity contribution in [1.82, 2.24) is 15.4 Å². The van der Waals surface area contributed by atoms with Crippen molar-refractivity contribution in [2.45, 2.75) is 25.9 Å². The molecule has 2 atom stereocenters. The highest BCUT2D eigenvalue weighted by Crippen LogP contribution is 2.31. The van der Waals surface area contributed by atoms with Crippen LogP contribution in [-0.4, -0.2) is 40.5 Å². The molecule has 1 N–H and O–H groups in total. The van der Waals surface area contributed by atoms with Crippen LogP contribution < -0.4 is 5.32 Å². The van der Waals surface area contributed by atoms with Gasteiger partial charge in [-0.15, -0.1) is 11.3 Å². The van der Waals surface area contributed by atoms with Crippen molar-refractivity contribution >= 4 is 34.8 Å². The summed E-state index contributed by atoms with van der Waals surface area (Å²) in [7, 11) is 0. The van der Waals surface area contributed by atoms with Crippen LogP contribution in [0.4, 0.5) is 0 Å². The molecule has 0 saturated carbocycles. The summed E-state index contributed by atoms with van der Waals surface area (Å²) < 4.78 is 5.85. The number of piperazine rings is 1. The second-order valence-electron chi connectivity index (χ2n) is 5.22. The Labute approximate surface area is 136 Å². The number of halogens is 1. The van der Waals surface area contributed by atoms with E-state index in [0.717, 1.165) is 4.88 Å². The molecule has 0 aromatic carbocycles. The number of hydrogen-bond acceptors (Lipinski definition) is 5. The normalized spacial score (nSPS) is 21.8. The highest BCUT2D eigenvalue weighted by molar-refractivity contribution is 7.19. The molecule has 1 aliphatic rings. The van der Waals surface area contributed by atoms with Gasteiger partial charge >= 0.3 is 0 Å². The first-order valence-electron chi connectivity index (χ1n) is 6.79. The van der Waals surface area contributed by atoms with E-state index in [1.54, 1.807) is 25.1 Å². The molecule has 0 spiro atoms. The number of carbonyl (C=O) groups excluding carboxylic acids is 2. The van der Waals surface area contributed by atoms with Gasteiger partial charge in [0, 0.05) is 18.7 Å². The van der Waals surface area contributed by atoms with E-state index in [1.165, 1.54) is 16.2 Å². The Balaban J connectivity index is 1.83. The maximum Gasteiger partial charge on any atom is 0.276 e. The van der Waals surface area contributed by atoms with Crippen molar-refractivity contribution in [2.75, 3.05) is 6.54 Å². The van der Waals surface area contributed by atoms with Crippen LogP contribution in [0.2, 0.25) is 4.34 Å². The Morgan fingerprint density at radius 3 is 2.95 bits per heavy atom. The predicted octanol–water partition coefficient (Wildman–Crippen LogP) is 2.41. The van der Waals surface area contributed by atoms with Gasteiger partial charge in [-0.3, -0.25) is 9.59 Å². The molecule has 3 heterocycles. The third kappa shape index (κ3) is 2.74.